The van der Waals surface area contributed by atoms with Gasteiger partial charge in [0.2, 0.25) is 0 Å². The van der Waals surface area contributed by atoms with Gasteiger partial charge in [-0.3, -0.25) is 0 Å². The zero-order valence-corrected chi connectivity index (χ0v) is 10.6. The van der Waals surface area contributed by atoms with Crippen LogP contribution in [-0.2, 0) is 4.79 Å². The Morgan fingerprint density at radius 1 is 1.00 bits per heavy atom. The van der Waals surface area contributed by atoms with Gasteiger partial charge >= 0.3 is 29.6 Å². The molecule has 0 spiro atoms. The molecule has 0 bridgehead atoms. The van der Waals surface area contributed by atoms with Crippen molar-refractivity contribution in [2.75, 3.05) is 6.61 Å². The molecule has 0 amide bonds. The van der Waals surface area contributed by atoms with E-state index in [1.165, 1.54) is 0 Å². The molecule has 0 rings (SSSR count). The maximum atomic E-state index is 10.1. The first-order valence-electron chi connectivity index (χ1n) is 4.05. The van der Waals surface area contributed by atoms with Crippen LogP contribution in [0.4, 0.5) is 0 Å². The van der Waals surface area contributed by atoms with E-state index in [1.54, 1.807) is 0 Å². The summed E-state index contributed by atoms with van der Waals surface area (Å²) >= 11 is 0. The Morgan fingerprint density at radius 2 is 1.44 bits per heavy atom. The number of aliphatic hydroxyl groups is 6. The molecular formula is C7H13NaO8. The number of carboxylic acids is 1. The van der Waals surface area contributed by atoms with Crippen LogP contribution in [0.15, 0.2) is 0 Å². The Bertz CT molecular complexity index is 213. The summed E-state index contributed by atoms with van der Waals surface area (Å²) in [4.78, 5) is 10.1. The maximum Gasteiger partial charge on any atom is 1.00 e. The monoisotopic (exact) mass is 248 g/mol. The second-order valence-corrected chi connectivity index (χ2v) is 2.99. The van der Waals surface area contributed by atoms with Gasteiger partial charge in [0.1, 0.15) is 30.5 Å². The number of carbonyl (C=O) groups excluding carboxylic acids is 1. The third kappa shape index (κ3) is 5.04. The van der Waals surface area contributed by atoms with Crippen LogP contribution in [0.2, 0.25) is 0 Å². The predicted molar refractivity (Wildman–Crippen MR) is 42.1 cm³/mol. The van der Waals surface area contributed by atoms with E-state index in [9.17, 15) is 9.90 Å². The molecule has 90 valence electrons. The molecule has 9 heteroatoms. The third-order valence-electron chi connectivity index (χ3n) is 1.85. The fourth-order valence-corrected chi connectivity index (χ4v) is 0.864. The summed E-state index contributed by atoms with van der Waals surface area (Å²) in [6.45, 7) is -0.896. The van der Waals surface area contributed by atoms with Crippen molar-refractivity contribution in [2.45, 2.75) is 30.5 Å². The molecule has 0 saturated heterocycles. The van der Waals surface area contributed by atoms with Gasteiger partial charge in [0.25, 0.3) is 0 Å². The minimum Gasteiger partial charge on any atom is -0.547 e. The van der Waals surface area contributed by atoms with Crippen molar-refractivity contribution >= 4 is 5.97 Å². The molecular weight excluding hydrogens is 235 g/mol. The van der Waals surface area contributed by atoms with E-state index < -0.39 is 43.1 Å². The van der Waals surface area contributed by atoms with E-state index in [2.05, 4.69) is 0 Å². The largest absolute Gasteiger partial charge is 1.00 e. The molecule has 0 aromatic carbocycles. The van der Waals surface area contributed by atoms with Gasteiger partial charge in [-0.2, -0.15) is 0 Å². The number of rotatable bonds is 6. The quantitative estimate of drug-likeness (QED) is 0.252. The van der Waals surface area contributed by atoms with Crippen molar-refractivity contribution in [2.24, 2.45) is 0 Å². The van der Waals surface area contributed by atoms with Crippen LogP contribution in [-0.4, -0.2) is 73.7 Å². The van der Waals surface area contributed by atoms with E-state index in [1.807, 2.05) is 0 Å². The summed E-state index contributed by atoms with van der Waals surface area (Å²) in [5.41, 5.74) is 0. The Hall–Kier alpha value is 0.230. The van der Waals surface area contributed by atoms with Gasteiger partial charge in [-0.1, -0.05) is 0 Å². The molecule has 0 saturated carbocycles. The van der Waals surface area contributed by atoms with Gasteiger partial charge in [-0.05, 0) is 0 Å². The van der Waals surface area contributed by atoms with Crippen LogP contribution in [0.25, 0.3) is 0 Å². The van der Waals surface area contributed by atoms with Gasteiger partial charge in [0, 0.05) is 0 Å². The second kappa shape index (κ2) is 8.34. The van der Waals surface area contributed by atoms with Gasteiger partial charge in [0.15, 0.2) is 0 Å². The van der Waals surface area contributed by atoms with E-state index in [0.717, 1.165) is 0 Å². The molecule has 6 N–H and O–H groups in total. The van der Waals surface area contributed by atoms with Gasteiger partial charge < -0.3 is 40.5 Å². The number of aliphatic carboxylic acids is 1. The predicted octanol–water partition coefficient (Wildman–Crippen LogP) is -8.46. The summed E-state index contributed by atoms with van der Waals surface area (Å²) in [7, 11) is 0. The average molecular weight is 248 g/mol. The summed E-state index contributed by atoms with van der Waals surface area (Å²) in [6.07, 6.45) is -10.5. The van der Waals surface area contributed by atoms with E-state index >= 15 is 0 Å². The molecule has 0 aliphatic rings. The molecule has 0 aliphatic carbocycles. The molecule has 0 radical (unpaired) electrons. The van der Waals surface area contributed by atoms with Crippen LogP contribution in [0.3, 0.4) is 0 Å². The minimum atomic E-state index is -2.40. The van der Waals surface area contributed by atoms with Gasteiger partial charge in [-0.25, -0.2) is 0 Å². The van der Waals surface area contributed by atoms with Crippen molar-refractivity contribution < 1.29 is 70.1 Å². The zero-order valence-electron chi connectivity index (χ0n) is 8.59. The first-order valence-corrected chi connectivity index (χ1v) is 4.05. The molecule has 0 aliphatic heterocycles. The van der Waals surface area contributed by atoms with Crippen LogP contribution in [0.5, 0.6) is 0 Å². The molecule has 0 heterocycles. The maximum absolute atomic E-state index is 10.1. The van der Waals surface area contributed by atoms with E-state index in [4.69, 9.17) is 30.6 Å². The molecule has 8 nitrogen and oxygen atoms in total. The topological polar surface area (TPSA) is 162 Å². The minimum absolute atomic E-state index is 0. The standard InChI is InChI=1S/C7H14O8.Na/c8-1-2(9)3(10)4(11)5(12)6(13)7(14)15;/h2-6,8-13H,1H2,(H,14,15);/q;+1/p-1/t2-,3+,4-,5+,6+;/m0./s1. The fourth-order valence-electron chi connectivity index (χ4n) is 0.864. The SMILES string of the molecule is O=C([O-])[C@H](O)[C@H](O)[C@@H](O)[C@H](O)[C@@H](O)CO.[Na+]. The Balaban J connectivity index is 0. The van der Waals surface area contributed by atoms with Gasteiger partial charge in [-0.15, -0.1) is 0 Å². The number of carboxylic acid groups (broad SMARTS) is 1. The molecule has 0 fully saturated rings. The average Bonchev–Trinajstić information content (AvgIpc) is 2.23. The number of hydrogen-bond donors (Lipinski definition) is 6. The number of hydrogen-bond acceptors (Lipinski definition) is 8. The Labute approximate surface area is 113 Å². The number of carbonyl (C=O) groups is 1. The third-order valence-corrected chi connectivity index (χ3v) is 1.85. The fraction of sp³-hybridized carbons (Fsp3) is 0.857. The molecule has 16 heavy (non-hydrogen) atoms. The first kappa shape index (κ1) is 18.6. The molecule has 0 unspecified atom stereocenters. The van der Waals surface area contributed by atoms with E-state index in [-0.39, 0.29) is 29.6 Å². The summed E-state index contributed by atoms with van der Waals surface area (Å²) < 4.78 is 0. The zero-order chi connectivity index (χ0) is 12.2. The summed E-state index contributed by atoms with van der Waals surface area (Å²) in [5, 5.41) is 63.2. The molecule has 0 aromatic rings. The van der Waals surface area contributed by atoms with Crippen LogP contribution >= 0.6 is 0 Å². The van der Waals surface area contributed by atoms with Crippen molar-refractivity contribution in [1.29, 1.82) is 0 Å². The Kier molecular flexibility index (Phi) is 9.69. The van der Waals surface area contributed by atoms with Crippen LogP contribution in [0.1, 0.15) is 0 Å². The van der Waals surface area contributed by atoms with E-state index in [0.29, 0.717) is 0 Å². The smallest absolute Gasteiger partial charge is 0.547 e. The molecule has 5 atom stereocenters. The van der Waals surface area contributed by atoms with Crippen molar-refractivity contribution in [3.63, 3.8) is 0 Å². The van der Waals surface area contributed by atoms with Crippen molar-refractivity contribution in [3.8, 4) is 0 Å². The summed E-state index contributed by atoms with van der Waals surface area (Å²) in [6, 6.07) is 0. The van der Waals surface area contributed by atoms with Crippen molar-refractivity contribution in [1.82, 2.24) is 0 Å². The Morgan fingerprint density at radius 3 is 1.75 bits per heavy atom. The molecule has 0 aromatic heterocycles. The first-order chi connectivity index (χ1) is 6.82. The number of aliphatic hydroxyl groups excluding tert-OH is 6. The van der Waals surface area contributed by atoms with Gasteiger partial charge in [0.05, 0.1) is 12.6 Å². The second-order valence-electron chi connectivity index (χ2n) is 2.99. The van der Waals surface area contributed by atoms with Crippen molar-refractivity contribution in [3.05, 3.63) is 0 Å². The normalized spacial score (nSPS) is 20.1. The summed E-state index contributed by atoms with van der Waals surface area (Å²) in [5.74, 6) is -2.03. The van der Waals surface area contributed by atoms with Crippen LogP contribution < -0.4 is 34.7 Å². The van der Waals surface area contributed by atoms with Crippen LogP contribution in [0, 0.1) is 0 Å².